The second-order valence-corrected chi connectivity index (χ2v) is 5.53. The molecule has 2 amide bonds. The van der Waals surface area contributed by atoms with Crippen LogP contribution < -0.4 is 5.73 Å². The zero-order valence-corrected chi connectivity index (χ0v) is 12.2. The van der Waals surface area contributed by atoms with Crippen LogP contribution >= 0.6 is 11.3 Å². The SMILES string of the molecule is CC(c1cccs1)N(C)C(=O)c1ccc(C(N)=O)cc1. The van der Waals surface area contributed by atoms with Gasteiger partial charge in [-0.25, -0.2) is 0 Å². The summed E-state index contributed by atoms with van der Waals surface area (Å²) in [7, 11) is 1.77. The highest BCUT2D eigenvalue weighted by Gasteiger charge is 2.19. The summed E-state index contributed by atoms with van der Waals surface area (Å²) in [5, 5.41) is 1.99. The van der Waals surface area contributed by atoms with Crippen LogP contribution in [0.4, 0.5) is 0 Å². The number of hydrogen-bond acceptors (Lipinski definition) is 3. The number of nitrogens with two attached hydrogens (primary N) is 1. The van der Waals surface area contributed by atoms with Crippen molar-refractivity contribution in [1.82, 2.24) is 4.90 Å². The van der Waals surface area contributed by atoms with E-state index < -0.39 is 5.91 Å². The second kappa shape index (κ2) is 5.88. The number of benzene rings is 1. The van der Waals surface area contributed by atoms with Crippen molar-refractivity contribution in [3.63, 3.8) is 0 Å². The monoisotopic (exact) mass is 288 g/mol. The summed E-state index contributed by atoms with van der Waals surface area (Å²) in [6, 6.07) is 10.4. The van der Waals surface area contributed by atoms with Gasteiger partial charge in [0, 0.05) is 23.1 Å². The standard InChI is InChI=1S/C15H16N2O2S/c1-10(13-4-3-9-20-13)17(2)15(19)12-7-5-11(6-8-12)14(16)18/h3-10H,1-2H3,(H2,16,18). The van der Waals surface area contributed by atoms with Crippen molar-refractivity contribution in [2.45, 2.75) is 13.0 Å². The molecule has 0 bridgehead atoms. The molecule has 4 nitrogen and oxygen atoms in total. The molecular formula is C15H16N2O2S. The fraction of sp³-hybridized carbons (Fsp3) is 0.200. The summed E-state index contributed by atoms with van der Waals surface area (Å²) < 4.78 is 0. The van der Waals surface area contributed by atoms with Gasteiger partial charge in [-0.05, 0) is 42.6 Å². The van der Waals surface area contributed by atoms with Crippen LogP contribution in [-0.2, 0) is 0 Å². The first-order chi connectivity index (χ1) is 9.50. The van der Waals surface area contributed by atoms with Gasteiger partial charge in [0.25, 0.3) is 5.91 Å². The van der Waals surface area contributed by atoms with Gasteiger partial charge in [0.15, 0.2) is 0 Å². The summed E-state index contributed by atoms with van der Waals surface area (Å²) >= 11 is 1.62. The van der Waals surface area contributed by atoms with E-state index in [1.807, 2.05) is 24.4 Å². The van der Waals surface area contributed by atoms with Crippen molar-refractivity contribution in [2.75, 3.05) is 7.05 Å². The van der Waals surface area contributed by atoms with Gasteiger partial charge in [-0.15, -0.1) is 11.3 Å². The third-order valence-electron chi connectivity index (χ3n) is 3.27. The minimum Gasteiger partial charge on any atom is -0.366 e. The summed E-state index contributed by atoms with van der Waals surface area (Å²) in [4.78, 5) is 26.2. The predicted octanol–water partition coefficient (Wildman–Crippen LogP) is 2.68. The quantitative estimate of drug-likeness (QED) is 0.940. The normalized spacial score (nSPS) is 11.9. The summed E-state index contributed by atoms with van der Waals surface area (Å²) in [6.45, 7) is 1.99. The number of amides is 2. The van der Waals surface area contributed by atoms with Crippen molar-refractivity contribution in [3.05, 3.63) is 57.8 Å². The van der Waals surface area contributed by atoms with Gasteiger partial charge in [0.05, 0.1) is 6.04 Å². The van der Waals surface area contributed by atoms with Gasteiger partial charge in [0.1, 0.15) is 0 Å². The number of primary amides is 1. The third-order valence-corrected chi connectivity index (χ3v) is 4.32. The molecule has 1 heterocycles. The molecule has 1 unspecified atom stereocenters. The van der Waals surface area contributed by atoms with Gasteiger partial charge in [0.2, 0.25) is 5.91 Å². The Morgan fingerprint density at radius 3 is 2.25 bits per heavy atom. The average molecular weight is 288 g/mol. The molecular weight excluding hydrogens is 272 g/mol. The van der Waals surface area contributed by atoms with E-state index in [-0.39, 0.29) is 11.9 Å². The maximum Gasteiger partial charge on any atom is 0.254 e. The number of thiophene rings is 1. The van der Waals surface area contributed by atoms with Gasteiger partial charge < -0.3 is 10.6 Å². The highest BCUT2D eigenvalue weighted by atomic mass is 32.1. The van der Waals surface area contributed by atoms with E-state index in [9.17, 15) is 9.59 Å². The topological polar surface area (TPSA) is 63.4 Å². The van der Waals surface area contributed by atoms with Crippen molar-refractivity contribution in [3.8, 4) is 0 Å². The number of carbonyl (C=O) groups excluding carboxylic acids is 2. The Labute approximate surface area is 121 Å². The Bertz CT molecular complexity index is 605. The molecule has 1 atom stereocenters. The molecule has 104 valence electrons. The molecule has 2 rings (SSSR count). The lowest BCUT2D eigenvalue weighted by molar-refractivity contribution is 0.0744. The lowest BCUT2D eigenvalue weighted by atomic mass is 10.1. The fourth-order valence-electron chi connectivity index (χ4n) is 1.88. The maximum atomic E-state index is 12.4. The van der Waals surface area contributed by atoms with Crippen LogP contribution in [0.2, 0.25) is 0 Å². The molecule has 5 heteroatoms. The Hall–Kier alpha value is -2.14. The molecule has 0 aliphatic heterocycles. The molecule has 0 aliphatic carbocycles. The van der Waals surface area contributed by atoms with Crippen LogP contribution in [-0.4, -0.2) is 23.8 Å². The zero-order chi connectivity index (χ0) is 14.7. The minimum absolute atomic E-state index is 0.0123. The van der Waals surface area contributed by atoms with Crippen molar-refractivity contribution >= 4 is 23.2 Å². The van der Waals surface area contributed by atoms with Gasteiger partial charge >= 0.3 is 0 Å². The van der Waals surface area contributed by atoms with E-state index in [1.165, 1.54) is 0 Å². The van der Waals surface area contributed by atoms with Crippen LogP contribution in [0.1, 0.15) is 38.6 Å². The van der Waals surface area contributed by atoms with E-state index in [2.05, 4.69) is 0 Å². The average Bonchev–Trinajstić information content (AvgIpc) is 2.99. The number of nitrogens with zero attached hydrogens (tertiary/aromatic N) is 1. The van der Waals surface area contributed by atoms with E-state index in [0.717, 1.165) is 4.88 Å². The highest BCUT2D eigenvalue weighted by Crippen LogP contribution is 2.24. The van der Waals surface area contributed by atoms with Gasteiger partial charge in [-0.1, -0.05) is 6.07 Å². The molecule has 1 aromatic carbocycles. The van der Waals surface area contributed by atoms with Crippen molar-refractivity contribution in [2.24, 2.45) is 5.73 Å². The summed E-state index contributed by atoms with van der Waals surface area (Å²) in [5.74, 6) is -0.578. The molecule has 0 saturated carbocycles. The second-order valence-electron chi connectivity index (χ2n) is 4.55. The lowest BCUT2D eigenvalue weighted by Crippen LogP contribution is -2.29. The first-order valence-corrected chi connectivity index (χ1v) is 7.09. The minimum atomic E-state index is -0.496. The number of carbonyl (C=O) groups is 2. The molecule has 2 aromatic rings. The Morgan fingerprint density at radius 2 is 1.75 bits per heavy atom. The molecule has 20 heavy (non-hydrogen) atoms. The first kappa shape index (κ1) is 14.3. The molecule has 2 N–H and O–H groups in total. The van der Waals surface area contributed by atoms with Crippen LogP contribution in [0.15, 0.2) is 41.8 Å². The van der Waals surface area contributed by atoms with E-state index in [4.69, 9.17) is 5.73 Å². The predicted molar refractivity (Wildman–Crippen MR) is 79.8 cm³/mol. The maximum absolute atomic E-state index is 12.4. The molecule has 0 saturated heterocycles. The Morgan fingerprint density at radius 1 is 1.15 bits per heavy atom. The van der Waals surface area contributed by atoms with E-state index >= 15 is 0 Å². The molecule has 0 radical (unpaired) electrons. The lowest BCUT2D eigenvalue weighted by Gasteiger charge is -2.24. The smallest absolute Gasteiger partial charge is 0.254 e. The number of hydrogen-bond donors (Lipinski definition) is 1. The summed E-state index contributed by atoms with van der Waals surface area (Å²) in [5.41, 5.74) is 6.12. The Kier molecular flexibility index (Phi) is 4.20. The molecule has 1 aromatic heterocycles. The third kappa shape index (κ3) is 2.88. The molecule has 0 fully saturated rings. The largest absolute Gasteiger partial charge is 0.366 e. The number of rotatable bonds is 4. The van der Waals surface area contributed by atoms with Gasteiger partial charge in [-0.2, -0.15) is 0 Å². The molecule has 0 spiro atoms. The van der Waals surface area contributed by atoms with E-state index in [0.29, 0.717) is 11.1 Å². The van der Waals surface area contributed by atoms with E-state index in [1.54, 1.807) is 47.5 Å². The van der Waals surface area contributed by atoms with Crippen LogP contribution in [0.3, 0.4) is 0 Å². The Balaban J connectivity index is 2.16. The fourth-order valence-corrected chi connectivity index (χ4v) is 2.70. The van der Waals surface area contributed by atoms with Crippen LogP contribution in [0, 0.1) is 0 Å². The van der Waals surface area contributed by atoms with Crippen molar-refractivity contribution < 1.29 is 9.59 Å². The summed E-state index contributed by atoms with van der Waals surface area (Å²) in [6.07, 6.45) is 0. The van der Waals surface area contributed by atoms with Gasteiger partial charge in [-0.3, -0.25) is 9.59 Å². The van der Waals surface area contributed by atoms with Crippen LogP contribution in [0.25, 0.3) is 0 Å². The first-order valence-electron chi connectivity index (χ1n) is 6.21. The highest BCUT2D eigenvalue weighted by molar-refractivity contribution is 7.10. The zero-order valence-electron chi connectivity index (χ0n) is 11.4. The van der Waals surface area contributed by atoms with Crippen LogP contribution in [0.5, 0.6) is 0 Å². The van der Waals surface area contributed by atoms with Crippen molar-refractivity contribution in [1.29, 1.82) is 0 Å². The molecule has 0 aliphatic rings.